The first-order valence-electron chi connectivity index (χ1n) is 4.68. The van der Waals surface area contributed by atoms with Crippen LogP contribution in [0.1, 0.15) is 5.69 Å². The van der Waals surface area contributed by atoms with Gasteiger partial charge in [0.25, 0.3) is 0 Å². The van der Waals surface area contributed by atoms with Crippen molar-refractivity contribution >= 4 is 17.3 Å². The summed E-state index contributed by atoms with van der Waals surface area (Å²) in [7, 11) is 1.54. The maximum absolute atomic E-state index is 6.11. The van der Waals surface area contributed by atoms with Crippen LogP contribution in [0, 0.1) is 6.92 Å². The maximum atomic E-state index is 6.11. The van der Waals surface area contributed by atoms with E-state index in [2.05, 4.69) is 15.6 Å². The van der Waals surface area contributed by atoms with Crippen molar-refractivity contribution in [2.75, 3.05) is 12.6 Å². The third-order valence-corrected chi connectivity index (χ3v) is 2.36. The Labute approximate surface area is 98.0 Å². The zero-order valence-corrected chi connectivity index (χ0v) is 9.69. The molecule has 6 heteroatoms. The van der Waals surface area contributed by atoms with Crippen LogP contribution in [0.2, 0.25) is 5.02 Å². The molecule has 0 saturated carbocycles. The second-order valence-electron chi connectivity index (χ2n) is 3.18. The van der Waals surface area contributed by atoms with Crippen molar-refractivity contribution in [1.29, 1.82) is 0 Å². The fourth-order valence-corrected chi connectivity index (χ4v) is 1.57. The van der Waals surface area contributed by atoms with E-state index in [1.807, 2.05) is 13.0 Å². The van der Waals surface area contributed by atoms with E-state index in [0.717, 1.165) is 11.4 Å². The largest absolute Gasteiger partial charge is 0.279 e. The van der Waals surface area contributed by atoms with Crippen molar-refractivity contribution in [2.45, 2.75) is 6.92 Å². The fraction of sp³-hybridized carbons (Fsp3) is 0.200. The molecule has 0 radical (unpaired) electrons. The molecule has 2 aromatic heterocycles. The summed E-state index contributed by atoms with van der Waals surface area (Å²) in [6, 6.07) is 3.57. The Morgan fingerprint density at radius 2 is 2.31 bits per heavy atom. The molecule has 84 valence electrons. The van der Waals surface area contributed by atoms with Crippen LogP contribution in [0.3, 0.4) is 0 Å². The minimum absolute atomic E-state index is 0.508. The van der Waals surface area contributed by atoms with Crippen LogP contribution in [0.25, 0.3) is 5.82 Å². The molecule has 0 aromatic carbocycles. The third kappa shape index (κ3) is 2.00. The van der Waals surface area contributed by atoms with Crippen LogP contribution in [0.5, 0.6) is 0 Å². The zero-order chi connectivity index (χ0) is 11.5. The van der Waals surface area contributed by atoms with E-state index in [0.29, 0.717) is 10.8 Å². The molecule has 0 amide bonds. The topological polar surface area (TPSA) is 52.0 Å². The van der Waals surface area contributed by atoms with Gasteiger partial charge in [0.05, 0.1) is 23.5 Å². The van der Waals surface area contributed by atoms with Crippen LogP contribution in [0.15, 0.2) is 24.5 Å². The summed E-state index contributed by atoms with van der Waals surface area (Å²) < 4.78 is 1.62. The molecular weight excluding hydrogens is 228 g/mol. The monoisotopic (exact) mass is 238 g/mol. The van der Waals surface area contributed by atoms with E-state index in [9.17, 15) is 0 Å². The van der Waals surface area contributed by atoms with E-state index < -0.39 is 0 Å². The average molecular weight is 239 g/mol. The van der Waals surface area contributed by atoms with Gasteiger partial charge in [0.15, 0.2) is 5.82 Å². The number of nitrogens with zero attached hydrogens (tertiary/aromatic N) is 3. The Bertz CT molecular complexity index is 484. The van der Waals surface area contributed by atoms with Crippen molar-refractivity contribution in [3.63, 3.8) is 0 Å². The highest BCUT2D eigenvalue weighted by atomic mass is 35.5. The van der Waals surface area contributed by atoms with Crippen LogP contribution >= 0.6 is 11.6 Å². The van der Waals surface area contributed by atoms with Crippen molar-refractivity contribution in [3.8, 4) is 5.82 Å². The molecule has 0 bridgehead atoms. The maximum Gasteiger partial charge on any atom is 0.172 e. The number of aryl methyl sites for hydroxylation is 1. The minimum atomic E-state index is 0.508. The highest BCUT2D eigenvalue weighted by Crippen LogP contribution is 2.24. The van der Waals surface area contributed by atoms with E-state index >= 15 is 0 Å². The van der Waals surface area contributed by atoms with Crippen LogP contribution in [0.4, 0.5) is 5.69 Å². The predicted octanol–water partition coefficient (Wildman–Crippen LogP) is 2.20. The van der Waals surface area contributed by atoms with Crippen LogP contribution < -0.4 is 5.48 Å². The molecule has 5 nitrogen and oxygen atoms in total. The summed E-state index contributed by atoms with van der Waals surface area (Å²) in [6.07, 6.45) is 3.46. The number of hydrogen-bond donors (Lipinski definition) is 1. The molecule has 0 aliphatic heterocycles. The van der Waals surface area contributed by atoms with Gasteiger partial charge in [0, 0.05) is 12.4 Å². The number of nitrogens with one attached hydrogen (secondary N) is 1. The average Bonchev–Trinajstić information content (AvgIpc) is 2.76. The van der Waals surface area contributed by atoms with Gasteiger partial charge in [-0.3, -0.25) is 10.3 Å². The normalized spacial score (nSPS) is 10.4. The molecular formula is C10H11ClN4O. The van der Waals surface area contributed by atoms with E-state index in [-0.39, 0.29) is 0 Å². The van der Waals surface area contributed by atoms with Gasteiger partial charge in [0.2, 0.25) is 0 Å². The number of anilines is 1. The third-order valence-electron chi connectivity index (χ3n) is 2.08. The first-order valence-corrected chi connectivity index (χ1v) is 5.06. The molecule has 16 heavy (non-hydrogen) atoms. The first kappa shape index (κ1) is 10.9. The minimum Gasteiger partial charge on any atom is -0.279 e. The van der Waals surface area contributed by atoms with Gasteiger partial charge in [-0.25, -0.2) is 9.67 Å². The summed E-state index contributed by atoms with van der Waals surface area (Å²) in [6.45, 7) is 1.87. The van der Waals surface area contributed by atoms with Crippen LogP contribution in [-0.4, -0.2) is 21.9 Å². The standard InChI is InChI=1S/C10H11ClN4O/c1-7-9(14-16-2)6-8(11)10(13-7)15-5-3-4-12-15/h3-6,14H,1-2H3. The predicted molar refractivity (Wildman–Crippen MR) is 61.7 cm³/mol. The Kier molecular flexibility index (Phi) is 3.07. The first-order chi connectivity index (χ1) is 7.72. The number of hydrogen-bond acceptors (Lipinski definition) is 4. The SMILES string of the molecule is CONc1cc(Cl)c(-n2cccn2)nc1C. The zero-order valence-electron chi connectivity index (χ0n) is 8.94. The number of aromatic nitrogens is 3. The molecule has 0 aliphatic rings. The van der Waals surface area contributed by atoms with Crippen molar-refractivity contribution in [1.82, 2.24) is 14.8 Å². The molecule has 2 heterocycles. The molecule has 0 aliphatic carbocycles. The summed E-state index contributed by atoms with van der Waals surface area (Å²) in [5, 5.41) is 4.59. The second kappa shape index (κ2) is 4.51. The molecule has 2 rings (SSSR count). The van der Waals surface area contributed by atoms with E-state index in [1.165, 1.54) is 7.11 Å². The lowest BCUT2D eigenvalue weighted by atomic mass is 10.3. The van der Waals surface area contributed by atoms with Gasteiger partial charge in [-0.15, -0.1) is 0 Å². The Morgan fingerprint density at radius 3 is 2.94 bits per heavy atom. The lowest BCUT2D eigenvalue weighted by Crippen LogP contribution is -2.05. The molecule has 2 aromatic rings. The second-order valence-corrected chi connectivity index (χ2v) is 3.59. The Morgan fingerprint density at radius 1 is 1.50 bits per heavy atom. The highest BCUT2D eigenvalue weighted by Gasteiger charge is 2.09. The Hall–Kier alpha value is -1.59. The van der Waals surface area contributed by atoms with Crippen LogP contribution in [-0.2, 0) is 4.84 Å². The lowest BCUT2D eigenvalue weighted by molar-refractivity contribution is 0.270. The van der Waals surface area contributed by atoms with E-state index in [1.54, 1.807) is 23.1 Å². The summed E-state index contributed by atoms with van der Waals surface area (Å²) in [4.78, 5) is 9.18. The fourth-order valence-electron chi connectivity index (χ4n) is 1.34. The smallest absolute Gasteiger partial charge is 0.172 e. The van der Waals surface area contributed by atoms with Crippen molar-refractivity contribution in [3.05, 3.63) is 35.2 Å². The molecule has 0 atom stereocenters. The van der Waals surface area contributed by atoms with Gasteiger partial charge in [0.1, 0.15) is 0 Å². The highest BCUT2D eigenvalue weighted by molar-refractivity contribution is 6.32. The summed E-state index contributed by atoms with van der Waals surface area (Å²) in [5.41, 5.74) is 4.24. The van der Waals surface area contributed by atoms with Crippen molar-refractivity contribution < 1.29 is 4.84 Å². The number of halogens is 1. The summed E-state index contributed by atoms with van der Waals surface area (Å²) >= 11 is 6.11. The van der Waals surface area contributed by atoms with Gasteiger partial charge >= 0.3 is 0 Å². The summed E-state index contributed by atoms with van der Waals surface area (Å²) in [5.74, 6) is 0.603. The van der Waals surface area contributed by atoms with Gasteiger partial charge in [-0.05, 0) is 19.1 Å². The van der Waals surface area contributed by atoms with Gasteiger partial charge in [-0.2, -0.15) is 5.10 Å². The number of pyridine rings is 1. The van der Waals surface area contributed by atoms with Gasteiger partial charge in [-0.1, -0.05) is 11.6 Å². The lowest BCUT2D eigenvalue weighted by Gasteiger charge is -2.10. The molecule has 0 fully saturated rings. The van der Waals surface area contributed by atoms with Gasteiger partial charge < -0.3 is 0 Å². The Balaban J connectivity index is 2.46. The molecule has 0 unspecified atom stereocenters. The van der Waals surface area contributed by atoms with Crippen molar-refractivity contribution in [2.24, 2.45) is 0 Å². The molecule has 0 saturated heterocycles. The van der Waals surface area contributed by atoms with E-state index in [4.69, 9.17) is 16.4 Å². The molecule has 1 N–H and O–H groups in total. The number of rotatable bonds is 3. The quantitative estimate of drug-likeness (QED) is 0.833. The molecule has 0 spiro atoms.